The lowest BCUT2D eigenvalue weighted by Crippen LogP contribution is -2.50. The van der Waals surface area contributed by atoms with Crippen LogP contribution in [0.3, 0.4) is 0 Å². The van der Waals surface area contributed by atoms with Gasteiger partial charge in [0.1, 0.15) is 6.10 Å². The maximum absolute atomic E-state index is 12.6. The zero-order valence-corrected chi connectivity index (χ0v) is 25.7. The molecule has 2 atom stereocenters. The number of piperidine rings is 1. The largest absolute Gasteiger partial charge is 0.396 e. The highest BCUT2D eigenvalue weighted by atomic mass is 16.3. The summed E-state index contributed by atoms with van der Waals surface area (Å²) in [5.41, 5.74) is -0.948. The highest BCUT2D eigenvalue weighted by molar-refractivity contribution is 5.82. The van der Waals surface area contributed by atoms with Gasteiger partial charge in [-0.25, -0.2) is 0 Å². The predicted octanol–water partition coefficient (Wildman–Crippen LogP) is 5.02. The second kappa shape index (κ2) is 21.8. The fourth-order valence-corrected chi connectivity index (χ4v) is 4.97. The van der Waals surface area contributed by atoms with Gasteiger partial charge in [0.25, 0.3) is 0 Å². The van der Waals surface area contributed by atoms with Crippen molar-refractivity contribution in [3.63, 3.8) is 0 Å². The van der Waals surface area contributed by atoms with Crippen molar-refractivity contribution in [2.75, 3.05) is 26.2 Å². The zero-order chi connectivity index (χ0) is 29.6. The molecule has 3 amide bonds. The number of aliphatic hydroxyl groups is 2. The summed E-state index contributed by atoms with van der Waals surface area (Å²) in [7, 11) is 0. The third-order valence-electron chi connectivity index (χ3n) is 7.84. The molecule has 1 saturated heterocycles. The minimum Gasteiger partial charge on any atom is -0.396 e. The van der Waals surface area contributed by atoms with Crippen LogP contribution in [0.5, 0.6) is 0 Å². The van der Waals surface area contributed by atoms with Crippen LogP contribution < -0.4 is 10.6 Å². The lowest BCUT2D eigenvalue weighted by Gasteiger charge is -2.33. The van der Waals surface area contributed by atoms with Gasteiger partial charge in [0.05, 0.1) is 6.61 Å². The molecule has 4 N–H and O–H groups in total. The Hall–Kier alpha value is -1.93. The fourth-order valence-electron chi connectivity index (χ4n) is 4.97. The van der Waals surface area contributed by atoms with E-state index in [1.165, 1.54) is 57.8 Å². The predicted molar refractivity (Wildman–Crippen MR) is 162 cm³/mol. The first-order chi connectivity index (χ1) is 19.2. The van der Waals surface area contributed by atoms with E-state index in [4.69, 9.17) is 0 Å². The molecule has 232 valence electrons. The highest BCUT2D eigenvalue weighted by Crippen LogP contribution is 2.19. The molecular weight excluding hydrogens is 506 g/mol. The van der Waals surface area contributed by atoms with Crippen molar-refractivity contribution in [2.24, 2.45) is 5.41 Å². The summed E-state index contributed by atoms with van der Waals surface area (Å²) in [6, 6.07) is -0.0323. The van der Waals surface area contributed by atoms with E-state index in [1.807, 2.05) is 0 Å². The summed E-state index contributed by atoms with van der Waals surface area (Å²) in [5.74, 6) is -0.608. The Balaban J connectivity index is 2.09. The van der Waals surface area contributed by atoms with Gasteiger partial charge in [-0.05, 0) is 44.9 Å². The molecule has 0 aliphatic carbocycles. The number of hydrogen-bond donors (Lipinski definition) is 4. The van der Waals surface area contributed by atoms with Crippen LogP contribution in [0.15, 0.2) is 12.2 Å². The second-order valence-corrected chi connectivity index (χ2v) is 12.2. The summed E-state index contributed by atoms with van der Waals surface area (Å²) in [5, 5.41) is 25.0. The fraction of sp³-hybridized carbons (Fsp3) is 0.844. The molecule has 0 aromatic rings. The molecule has 1 rings (SSSR count). The van der Waals surface area contributed by atoms with Gasteiger partial charge < -0.3 is 25.7 Å². The van der Waals surface area contributed by atoms with Crippen LogP contribution in [0.1, 0.15) is 130 Å². The van der Waals surface area contributed by atoms with Crippen LogP contribution in [0, 0.1) is 5.41 Å². The maximum Gasteiger partial charge on any atom is 0.249 e. The smallest absolute Gasteiger partial charge is 0.249 e. The SMILES string of the molecule is CCCCCCCCC=CCCCCCCCC(=O)NC1CCCN(C(=O)CCNC(=O)C(O)C(C)(C)CO)C1. The molecule has 0 radical (unpaired) electrons. The molecule has 0 aromatic heterocycles. The lowest BCUT2D eigenvalue weighted by molar-refractivity contribution is -0.137. The Morgan fingerprint density at radius 2 is 1.52 bits per heavy atom. The number of rotatable bonds is 22. The zero-order valence-electron chi connectivity index (χ0n) is 25.7. The van der Waals surface area contributed by atoms with E-state index in [0.29, 0.717) is 19.5 Å². The van der Waals surface area contributed by atoms with E-state index in [-0.39, 0.29) is 37.4 Å². The normalized spacial score (nSPS) is 16.7. The van der Waals surface area contributed by atoms with Crippen LogP contribution in [0.2, 0.25) is 0 Å². The molecule has 8 nitrogen and oxygen atoms in total. The average molecular weight is 566 g/mol. The van der Waals surface area contributed by atoms with E-state index < -0.39 is 17.4 Å². The standard InChI is InChI=1S/C32H59N3O5/c1-4-5-6-7-8-9-10-11-12-13-14-15-16-17-18-21-28(37)34-27-20-19-24-35(25-27)29(38)22-23-33-31(40)30(39)32(2,3)26-36/h11-12,27,30,36,39H,4-10,13-26H2,1-3H3,(H,33,40)(H,34,37). The minimum absolute atomic E-state index is 0.0323. The van der Waals surface area contributed by atoms with Crippen molar-refractivity contribution in [3.8, 4) is 0 Å². The molecule has 1 fully saturated rings. The molecule has 2 unspecified atom stereocenters. The topological polar surface area (TPSA) is 119 Å². The first kappa shape index (κ1) is 36.1. The number of aliphatic hydroxyl groups excluding tert-OH is 2. The molecule has 8 heteroatoms. The quantitative estimate of drug-likeness (QED) is 0.109. The van der Waals surface area contributed by atoms with Crippen molar-refractivity contribution >= 4 is 17.7 Å². The number of nitrogens with one attached hydrogen (secondary N) is 2. The van der Waals surface area contributed by atoms with Gasteiger partial charge in [-0.2, -0.15) is 0 Å². The van der Waals surface area contributed by atoms with Crippen molar-refractivity contribution in [1.82, 2.24) is 15.5 Å². The van der Waals surface area contributed by atoms with Gasteiger partial charge in [0.2, 0.25) is 17.7 Å². The number of nitrogens with zero attached hydrogens (tertiary/aromatic N) is 1. The van der Waals surface area contributed by atoms with Gasteiger partial charge in [0, 0.05) is 43.9 Å². The van der Waals surface area contributed by atoms with E-state index >= 15 is 0 Å². The molecule has 0 aromatic carbocycles. The van der Waals surface area contributed by atoms with E-state index in [0.717, 1.165) is 38.5 Å². The van der Waals surface area contributed by atoms with Crippen molar-refractivity contribution < 1.29 is 24.6 Å². The van der Waals surface area contributed by atoms with Gasteiger partial charge in [-0.1, -0.05) is 84.3 Å². The Kier molecular flexibility index (Phi) is 19.6. The van der Waals surface area contributed by atoms with Crippen molar-refractivity contribution in [1.29, 1.82) is 0 Å². The summed E-state index contributed by atoms with van der Waals surface area (Å²) >= 11 is 0. The first-order valence-corrected chi connectivity index (χ1v) is 16.0. The molecule has 0 saturated carbocycles. The average Bonchev–Trinajstić information content (AvgIpc) is 2.94. The summed E-state index contributed by atoms with van der Waals surface area (Å²) in [6.07, 6.45) is 21.7. The Labute approximate surface area is 243 Å². The third-order valence-corrected chi connectivity index (χ3v) is 7.84. The van der Waals surface area contributed by atoms with Crippen LogP contribution in [-0.4, -0.2) is 71.2 Å². The van der Waals surface area contributed by atoms with E-state index in [9.17, 15) is 24.6 Å². The minimum atomic E-state index is -1.34. The number of unbranched alkanes of at least 4 members (excludes halogenated alkanes) is 11. The number of hydrogen-bond acceptors (Lipinski definition) is 5. The summed E-state index contributed by atoms with van der Waals surface area (Å²) in [4.78, 5) is 38.9. The molecule has 0 bridgehead atoms. The Morgan fingerprint density at radius 3 is 2.15 bits per heavy atom. The van der Waals surface area contributed by atoms with Crippen LogP contribution >= 0.6 is 0 Å². The second-order valence-electron chi connectivity index (χ2n) is 12.2. The van der Waals surface area contributed by atoms with Gasteiger partial charge in [0.15, 0.2) is 0 Å². The highest BCUT2D eigenvalue weighted by Gasteiger charge is 2.33. The third kappa shape index (κ3) is 16.4. The molecule has 1 aliphatic rings. The van der Waals surface area contributed by atoms with Gasteiger partial charge in [-0.3, -0.25) is 14.4 Å². The van der Waals surface area contributed by atoms with Gasteiger partial charge in [-0.15, -0.1) is 0 Å². The monoisotopic (exact) mass is 565 g/mol. The first-order valence-electron chi connectivity index (χ1n) is 16.0. The lowest BCUT2D eigenvalue weighted by atomic mass is 9.87. The molecular formula is C32H59N3O5. The molecule has 1 aliphatic heterocycles. The van der Waals surface area contributed by atoms with Crippen LogP contribution in [-0.2, 0) is 14.4 Å². The molecule has 1 heterocycles. The molecule has 40 heavy (non-hydrogen) atoms. The Morgan fingerprint density at radius 1 is 0.925 bits per heavy atom. The van der Waals surface area contributed by atoms with E-state index in [2.05, 4.69) is 29.7 Å². The summed E-state index contributed by atoms with van der Waals surface area (Å²) in [6.45, 7) is 6.39. The van der Waals surface area contributed by atoms with Crippen LogP contribution in [0.4, 0.5) is 0 Å². The number of likely N-dealkylation sites (tertiary alicyclic amines) is 1. The number of amides is 3. The van der Waals surface area contributed by atoms with Gasteiger partial charge >= 0.3 is 0 Å². The molecule has 0 spiro atoms. The maximum atomic E-state index is 12.6. The number of allylic oxidation sites excluding steroid dienone is 2. The number of carbonyl (C=O) groups is 3. The number of carbonyl (C=O) groups excluding carboxylic acids is 3. The van der Waals surface area contributed by atoms with E-state index in [1.54, 1.807) is 18.7 Å². The summed E-state index contributed by atoms with van der Waals surface area (Å²) < 4.78 is 0. The Bertz CT molecular complexity index is 740. The van der Waals surface area contributed by atoms with Crippen molar-refractivity contribution in [2.45, 2.75) is 142 Å². The van der Waals surface area contributed by atoms with Crippen LogP contribution in [0.25, 0.3) is 0 Å². The van der Waals surface area contributed by atoms with Crippen molar-refractivity contribution in [3.05, 3.63) is 12.2 Å².